The normalized spacial score (nSPS) is 18.4. The number of carboxylic acids is 1. The lowest BCUT2D eigenvalue weighted by Gasteiger charge is -2.29. The summed E-state index contributed by atoms with van der Waals surface area (Å²) in [7, 11) is 0. The third-order valence-corrected chi connectivity index (χ3v) is 7.56. The van der Waals surface area contributed by atoms with Crippen LogP contribution in [0.3, 0.4) is 0 Å². The Bertz CT molecular complexity index is 1500. The number of ether oxygens (including phenoxy) is 1. The van der Waals surface area contributed by atoms with Gasteiger partial charge < -0.3 is 18.9 Å². The van der Waals surface area contributed by atoms with Gasteiger partial charge in [-0.25, -0.2) is 9.59 Å². The molecule has 0 fully saturated rings. The van der Waals surface area contributed by atoms with Gasteiger partial charge in [-0.15, -0.1) is 0 Å². The van der Waals surface area contributed by atoms with Crippen molar-refractivity contribution in [3.8, 4) is 0 Å². The molecule has 10 nitrogen and oxygen atoms in total. The minimum absolute atomic E-state index is 0.0619. The van der Waals surface area contributed by atoms with Gasteiger partial charge in [0.05, 0.1) is 19.7 Å². The van der Waals surface area contributed by atoms with Crippen molar-refractivity contribution in [2.45, 2.75) is 58.8 Å². The molecule has 4 aromatic rings. The molecule has 220 valence electrons. The number of esters is 1. The van der Waals surface area contributed by atoms with Crippen LogP contribution in [0.15, 0.2) is 69.7 Å². The van der Waals surface area contributed by atoms with Crippen molar-refractivity contribution in [2.75, 3.05) is 19.7 Å². The van der Waals surface area contributed by atoms with E-state index in [1.807, 2.05) is 43.3 Å². The third-order valence-electron chi connectivity index (χ3n) is 7.56. The predicted molar refractivity (Wildman–Crippen MR) is 154 cm³/mol. The number of aromatic carboxylic acids is 1. The molecule has 2 aliphatic heterocycles. The zero-order valence-corrected chi connectivity index (χ0v) is 24.2. The van der Waals surface area contributed by atoms with Gasteiger partial charge in [-0.2, -0.15) is 0 Å². The number of nitrogens with zero attached hydrogens (tertiary/aromatic N) is 4. The van der Waals surface area contributed by atoms with E-state index >= 15 is 0 Å². The quantitative estimate of drug-likeness (QED) is 0.286. The van der Waals surface area contributed by atoms with Gasteiger partial charge in [0.25, 0.3) is 0 Å². The second-order valence-corrected chi connectivity index (χ2v) is 10.9. The topological polar surface area (TPSA) is 122 Å². The van der Waals surface area contributed by atoms with Gasteiger partial charge in [0.1, 0.15) is 0 Å². The average molecular weight is 573 g/mol. The highest BCUT2D eigenvalue weighted by Gasteiger charge is 2.33. The lowest BCUT2D eigenvalue weighted by atomic mass is 9.94. The molecule has 0 bridgehead atoms. The zero-order chi connectivity index (χ0) is 29.6. The smallest absolute Gasteiger partial charge is 0.360 e. The number of fused-ring (bicyclic) bond motifs is 2. The molecule has 0 unspecified atom stereocenters. The Morgan fingerprint density at radius 2 is 1.26 bits per heavy atom. The maximum absolute atomic E-state index is 11.9. The first kappa shape index (κ1) is 29.2. The summed E-state index contributed by atoms with van der Waals surface area (Å²) >= 11 is 0. The summed E-state index contributed by atoms with van der Waals surface area (Å²) in [5.74, 6) is 0.349. The van der Waals surface area contributed by atoms with Crippen molar-refractivity contribution < 1.29 is 28.5 Å². The van der Waals surface area contributed by atoms with Crippen molar-refractivity contribution in [2.24, 2.45) is 0 Å². The van der Waals surface area contributed by atoms with E-state index in [2.05, 4.69) is 51.3 Å². The van der Waals surface area contributed by atoms with Crippen molar-refractivity contribution in [1.29, 1.82) is 0 Å². The van der Waals surface area contributed by atoms with Gasteiger partial charge in [0.2, 0.25) is 0 Å². The number of benzene rings is 2. The van der Waals surface area contributed by atoms with E-state index < -0.39 is 11.9 Å². The van der Waals surface area contributed by atoms with Crippen LogP contribution in [0.25, 0.3) is 0 Å². The maximum atomic E-state index is 11.9. The molecule has 2 atom stereocenters. The molecule has 2 aliphatic rings. The Morgan fingerprint density at radius 1 is 0.810 bits per heavy atom. The van der Waals surface area contributed by atoms with Gasteiger partial charge in [0.15, 0.2) is 22.9 Å². The van der Waals surface area contributed by atoms with Crippen LogP contribution in [-0.4, -0.2) is 56.9 Å². The molecule has 0 amide bonds. The Labute approximate surface area is 244 Å². The summed E-state index contributed by atoms with van der Waals surface area (Å²) in [5, 5.41) is 16.7. The SMILES string of the molecule is CCOC(=O)c1noc2c1[C@@H](C)CN(Cc1ccccc1)C2.C[C@H]1CN(Cc2ccccc2)Cc2onc(C(=O)O)c21. The Hall–Kier alpha value is -4.28. The molecular formula is C32H36N4O6. The third kappa shape index (κ3) is 6.61. The number of hydrogen-bond acceptors (Lipinski definition) is 9. The van der Waals surface area contributed by atoms with Crippen LogP contribution in [0.4, 0.5) is 0 Å². The molecule has 0 radical (unpaired) electrons. The molecule has 42 heavy (non-hydrogen) atoms. The molecule has 0 aliphatic carbocycles. The number of rotatable bonds is 7. The summed E-state index contributed by atoms with van der Waals surface area (Å²) in [6.45, 7) is 10.9. The first-order valence-corrected chi connectivity index (χ1v) is 14.2. The number of carboxylic acid groups (broad SMARTS) is 1. The molecule has 0 spiro atoms. The predicted octanol–water partition coefficient (Wildman–Crippen LogP) is 5.46. The van der Waals surface area contributed by atoms with E-state index in [1.54, 1.807) is 6.92 Å². The molecule has 4 heterocycles. The Kier molecular flexibility index (Phi) is 9.14. The van der Waals surface area contributed by atoms with Crippen LogP contribution in [0.5, 0.6) is 0 Å². The number of hydrogen-bond donors (Lipinski definition) is 1. The maximum Gasteiger partial charge on any atom is 0.360 e. The van der Waals surface area contributed by atoms with Crippen LogP contribution >= 0.6 is 0 Å². The lowest BCUT2D eigenvalue weighted by molar-refractivity contribution is 0.0512. The van der Waals surface area contributed by atoms with Crippen LogP contribution in [0.1, 0.15) is 87.4 Å². The monoisotopic (exact) mass is 572 g/mol. The van der Waals surface area contributed by atoms with Gasteiger partial charge in [-0.3, -0.25) is 9.80 Å². The second-order valence-electron chi connectivity index (χ2n) is 10.9. The Morgan fingerprint density at radius 3 is 1.71 bits per heavy atom. The summed E-state index contributed by atoms with van der Waals surface area (Å²) in [6, 6.07) is 20.5. The molecule has 1 N–H and O–H groups in total. The largest absolute Gasteiger partial charge is 0.476 e. The first-order valence-electron chi connectivity index (χ1n) is 14.2. The second kappa shape index (κ2) is 13.1. The summed E-state index contributed by atoms with van der Waals surface area (Å²) < 4.78 is 15.7. The molecule has 6 rings (SSSR count). The number of carbonyl (C=O) groups is 2. The fourth-order valence-corrected chi connectivity index (χ4v) is 5.82. The van der Waals surface area contributed by atoms with E-state index in [4.69, 9.17) is 18.9 Å². The standard InChI is InChI=1S/C17H20N2O3.C15H16N2O3/c1-3-21-17(20)16-15-12(2)9-19(11-14(15)22-18-16)10-13-7-5-4-6-8-13;1-10-7-17(8-11-5-3-2-4-6-11)9-12-13(10)14(15(18)19)16-20-12/h4-8,12H,3,9-11H2,1-2H3;2-6,10H,7-9H2,1H3,(H,18,19)/t12-;10-/m00/s1. The van der Waals surface area contributed by atoms with Crippen molar-refractivity contribution in [3.63, 3.8) is 0 Å². The Balaban J connectivity index is 0.000000169. The fraction of sp³-hybridized carbons (Fsp3) is 0.375. The summed E-state index contributed by atoms with van der Waals surface area (Å²) in [4.78, 5) is 27.6. The molecule has 2 aromatic carbocycles. The lowest BCUT2D eigenvalue weighted by Crippen LogP contribution is -2.32. The zero-order valence-electron chi connectivity index (χ0n) is 24.2. The summed E-state index contributed by atoms with van der Waals surface area (Å²) in [6.07, 6.45) is 0. The van der Waals surface area contributed by atoms with Gasteiger partial charge >= 0.3 is 11.9 Å². The molecule has 2 aromatic heterocycles. The van der Waals surface area contributed by atoms with Crippen molar-refractivity contribution >= 4 is 11.9 Å². The van der Waals surface area contributed by atoms with Gasteiger partial charge in [-0.1, -0.05) is 84.8 Å². The van der Waals surface area contributed by atoms with Crippen LogP contribution in [0, 0.1) is 0 Å². The summed E-state index contributed by atoms with van der Waals surface area (Å²) in [5.41, 5.74) is 4.56. The van der Waals surface area contributed by atoms with Gasteiger partial charge in [0, 0.05) is 37.3 Å². The highest BCUT2D eigenvalue weighted by molar-refractivity contribution is 5.89. The minimum Gasteiger partial charge on any atom is -0.476 e. The van der Waals surface area contributed by atoms with E-state index in [0.29, 0.717) is 31.2 Å². The van der Waals surface area contributed by atoms with Crippen LogP contribution in [-0.2, 0) is 30.9 Å². The molecule has 0 saturated heterocycles. The van der Waals surface area contributed by atoms with Crippen molar-refractivity contribution in [1.82, 2.24) is 20.1 Å². The number of carbonyl (C=O) groups excluding carboxylic acids is 1. The fourth-order valence-electron chi connectivity index (χ4n) is 5.82. The van der Waals surface area contributed by atoms with Crippen LogP contribution in [0.2, 0.25) is 0 Å². The van der Waals surface area contributed by atoms with Gasteiger partial charge in [-0.05, 0) is 29.9 Å². The first-order chi connectivity index (χ1) is 20.3. The highest BCUT2D eigenvalue weighted by atomic mass is 16.5. The molecule has 10 heteroatoms. The van der Waals surface area contributed by atoms with Crippen LogP contribution < -0.4 is 0 Å². The molecule has 0 saturated carbocycles. The van der Waals surface area contributed by atoms with E-state index in [9.17, 15) is 9.59 Å². The highest BCUT2D eigenvalue weighted by Crippen LogP contribution is 2.33. The van der Waals surface area contributed by atoms with E-state index in [1.165, 1.54) is 11.1 Å². The van der Waals surface area contributed by atoms with Crippen molar-refractivity contribution in [3.05, 3.63) is 106 Å². The van der Waals surface area contributed by atoms with E-state index in [-0.39, 0.29) is 17.5 Å². The minimum atomic E-state index is -1.02. The van der Waals surface area contributed by atoms with E-state index in [0.717, 1.165) is 43.1 Å². The average Bonchev–Trinajstić information content (AvgIpc) is 3.60. The molecular weight excluding hydrogens is 536 g/mol. The number of aromatic nitrogens is 2.